The molecule has 0 spiro atoms. The van der Waals surface area contributed by atoms with E-state index in [9.17, 15) is 20.4 Å². The summed E-state index contributed by atoms with van der Waals surface area (Å²) in [7, 11) is 0. The van der Waals surface area contributed by atoms with Crippen LogP contribution >= 0.6 is 0 Å². The normalized spacial score (nSPS) is 11.7. The van der Waals surface area contributed by atoms with Crippen LogP contribution < -0.4 is 0 Å². The van der Waals surface area contributed by atoms with Gasteiger partial charge in [-0.1, -0.05) is 0 Å². The van der Waals surface area contributed by atoms with Crippen LogP contribution in [-0.2, 0) is 5.60 Å². The fourth-order valence-electron chi connectivity index (χ4n) is 3.99. The molecule has 0 unspecified atom stereocenters. The largest absolute Gasteiger partial charge is 0.507 e. The number of aryl methyl sites for hydroxylation is 6. The highest BCUT2D eigenvalue weighted by Crippen LogP contribution is 2.42. The maximum atomic E-state index is 12.2. The van der Waals surface area contributed by atoms with Gasteiger partial charge >= 0.3 is 0 Å². The van der Waals surface area contributed by atoms with Gasteiger partial charge in [0.2, 0.25) is 0 Å². The maximum Gasteiger partial charge on any atom is 0.140 e. The predicted octanol–water partition coefficient (Wildman–Crippen LogP) is 4.94. The summed E-state index contributed by atoms with van der Waals surface area (Å²) in [5, 5.41) is 42.9. The fourth-order valence-corrected chi connectivity index (χ4v) is 3.99. The summed E-state index contributed by atoms with van der Waals surface area (Å²) in [4.78, 5) is 0. The topological polar surface area (TPSA) is 80.9 Å². The minimum Gasteiger partial charge on any atom is -0.507 e. The van der Waals surface area contributed by atoms with Crippen molar-refractivity contribution in [2.75, 3.05) is 0 Å². The number of aliphatic hydroxyl groups is 1. The van der Waals surface area contributed by atoms with Crippen molar-refractivity contribution in [3.05, 3.63) is 86.5 Å². The van der Waals surface area contributed by atoms with Crippen molar-refractivity contribution in [3.8, 4) is 17.2 Å². The van der Waals surface area contributed by atoms with E-state index in [0.717, 1.165) is 0 Å². The van der Waals surface area contributed by atoms with Gasteiger partial charge in [0.05, 0.1) is 0 Å². The average Bonchev–Trinajstić information content (AvgIpc) is 2.66. The molecule has 4 heteroatoms. The Balaban J connectivity index is 2.42. The molecule has 4 N–H and O–H groups in total. The van der Waals surface area contributed by atoms with E-state index in [1.54, 1.807) is 77.9 Å². The van der Waals surface area contributed by atoms with Gasteiger partial charge in [0, 0.05) is 0 Å². The molecule has 0 aromatic heterocycles. The molecule has 0 heterocycles. The smallest absolute Gasteiger partial charge is 0.140 e. The maximum absolute atomic E-state index is 12.2. The van der Waals surface area contributed by atoms with E-state index in [0.29, 0.717) is 50.1 Å². The van der Waals surface area contributed by atoms with Crippen molar-refractivity contribution >= 4 is 0 Å². The number of hydrogen-bond acceptors (Lipinski definition) is 4. The third-order valence-electron chi connectivity index (χ3n) is 5.73. The van der Waals surface area contributed by atoms with Gasteiger partial charge in [-0.25, -0.2) is 0 Å². The van der Waals surface area contributed by atoms with E-state index in [2.05, 4.69) is 0 Å². The molecule has 3 aromatic rings. The second-order valence-electron chi connectivity index (χ2n) is 8.09. The molecule has 0 amide bonds. The lowest BCUT2D eigenvalue weighted by Crippen LogP contribution is -2.29. The van der Waals surface area contributed by atoms with Gasteiger partial charge in [0.1, 0.15) is 22.8 Å². The highest BCUT2D eigenvalue weighted by molar-refractivity contribution is 5.57. The Morgan fingerprint density at radius 2 is 0.621 bits per heavy atom. The Labute approximate surface area is 171 Å². The zero-order valence-electron chi connectivity index (χ0n) is 17.8. The molecule has 0 fully saturated rings. The molecule has 0 aliphatic rings. The Bertz CT molecular complexity index is 903. The van der Waals surface area contributed by atoms with E-state index < -0.39 is 5.60 Å². The third-order valence-corrected chi connectivity index (χ3v) is 5.73. The van der Waals surface area contributed by atoms with E-state index in [1.165, 1.54) is 0 Å². The molecular weight excluding hydrogens is 364 g/mol. The molecule has 0 saturated heterocycles. The van der Waals surface area contributed by atoms with Crippen LogP contribution in [0.3, 0.4) is 0 Å². The summed E-state index contributed by atoms with van der Waals surface area (Å²) in [6.07, 6.45) is 0. The summed E-state index contributed by atoms with van der Waals surface area (Å²) in [6, 6.07) is 10.7. The molecule has 0 radical (unpaired) electrons. The molecule has 3 aromatic carbocycles. The Morgan fingerprint density at radius 3 is 0.793 bits per heavy atom. The first-order valence-electron chi connectivity index (χ1n) is 9.61. The van der Waals surface area contributed by atoms with Gasteiger partial charge in [-0.05, 0) is 128 Å². The number of hydrogen-bond donors (Lipinski definition) is 4. The molecule has 152 valence electrons. The highest BCUT2D eigenvalue weighted by atomic mass is 16.3. The molecule has 4 nitrogen and oxygen atoms in total. The highest BCUT2D eigenvalue weighted by Gasteiger charge is 2.36. The fraction of sp³-hybridized carbons (Fsp3) is 0.280. The van der Waals surface area contributed by atoms with Gasteiger partial charge in [0.15, 0.2) is 0 Å². The zero-order valence-corrected chi connectivity index (χ0v) is 17.8. The molecule has 0 aliphatic carbocycles. The molecular formula is C25H28O4. The van der Waals surface area contributed by atoms with Crippen LogP contribution in [0.1, 0.15) is 50.1 Å². The molecule has 0 saturated carbocycles. The first-order chi connectivity index (χ1) is 13.5. The standard InChI is InChI=1S/C25H28O4/c1-13-7-19(8-14(2)22(13)26)25(29,20-9-15(3)23(27)16(4)10-20)21-11-17(5)24(28)18(6)12-21/h7-12,26-29H,1-6H3. The Hall–Kier alpha value is -2.98. The lowest BCUT2D eigenvalue weighted by Gasteiger charge is -2.32. The van der Waals surface area contributed by atoms with Crippen molar-refractivity contribution in [1.29, 1.82) is 0 Å². The quantitative estimate of drug-likeness (QED) is 0.476. The molecule has 0 atom stereocenters. The molecule has 29 heavy (non-hydrogen) atoms. The summed E-state index contributed by atoms with van der Waals surface area (Å²) in [6.45, 7) is 10.8. The average molecular weight is 392 g/mol. The Kier molecular flexibility index (Phi) is 5.10. The number of benzene rings is 3. The Morgan fingerprint density at radius 1 is 0.448 bits per heavy atom. The van der Waals surface area contributed by atoms with Crippen molar-refractivity contribution in [2.24, 2.45) is 0 Å². The van der Waals surface area contributed by atoms with Crippen LogP contribution in [0.5, 0.6) is 17.2 Å². The van der Waals surface area contributed by atoms with Crippen molar-refractivity contribution in [3.63, 3.8) is 0 Å². The second kappa shape index (κ2) is 7.12. The second-order valence-corrected chi connectivity index (χ2v) is 8.09. The predicted molar refractivity (Wildman–Crippen MR) is 115 cm³/mol. The van der Waals surface area contributed by atoms with Gasteiger partial charge in [0.25, 0.3) is 0 Å². The van der Waals surface area contributed by atoms with E-state index in [4.69, 9.17) is 0 Å². The minimum atomic E-state index is -1.53. The number of rotatable bonds is 3. The molecule has 0 aliphatic heterocycles. The lowest BCUT2D eigenvalue weighted by atomic mass is 9.77. The van der Waals surface area contributed by atoms with E-state index >= 15 is 0 Å². The minimum absolute atomic E-state index is 0.201. The summed E-state index contributed by atoms with van der Waals surface area (Å²) in [5.41, 5.74) is 4.29. The van der Waals surface area contributed by atoms with E-state index in [-0.39, 0.29) is 17.2 Å². The first kappa shape index (κ1) is 20.7. The van der Waals surface area contributed by atoms with Gasteiger partial charge < -0.3 is 20.4 Å². The summed E-state index contributed by atoms with van der Waals surface area (Å²) >= 11 is 0. The van der Waals surface area contributed by atoms with Crippen molar-refractivity contribution in [1.82, 2.24) is 0 Å². The van der Waals surface area contributed by atoms with Crippen LogP contribution in [-0.4, -0.2) is 20.4 Å². The van der Waals surface area contributed by atoms with Crippen LogP contribution in [0.25, 0.3) is 0 Å². The van der Waals surface area contributed by atoms with Crippen LogP contribution in [0.4, 0.5) is 0 Å². The van der Waals surface area contributed by atoms with Crippen molar-refractivity contribution < 1.29 is 20.4 Å². The zero-order chi connectivity index (χ0) is 21.7. The SMILES string of the molecule is Cc1cc(C(O)(c2cc(C)c(O)c(C)c2)c2cc(C)c(O)c(C)c2)cc(C)c1O. The number of phenols is 3. The van der Waals surface area contributed by atoms with Gasteiger partial charge in [-0.2, -0.15) is 0 Å². The van der Waals surface area contributed by atoms with Crippen molar-refractivity contribution in [2.45, 2.75) is 47.1 Å². The van der Waals surface area contributed by atoms with Crippen LogP contribution in [0.15, 0.2) is 36.4 Å². The summed E-state index contributed by atoms with van der Waals surface area (Å²) < 4.78 is 0. The monoisotopic (exact) mass is 392 g/mol. The number of aromatic hydroxyl groups is 3. The van der Waals surface area contributed by atoms with Gasteiger partial charge in [-0.3, -0.25) is 0 Å². The third kappa shape index (κ3) is 3.34. The molecule has 0 bridgehead atoms. The lowest BCUT2D eigenvalue weighted by molar-refractivity contribution is 0.125. The van der Waals surface area contributed by atoms with Gasteiger partial charge in [-0.15, -0.1) is 0 Å². The van der Waals surface area contributed by atoms with E-state index in [1.807, 2.05) is 0 Å². The molecule has 3 rings (SSSR count). The van der Waals surface area contributed by atoms with Crippen LogP contribution in [0, 0.1) is 41.5 Å². The first-order valence-corrected chi connectivity index (χ1v) is 9.61. The van der Waals surface area contributed by atoms with Crippen LogP contribution in [0.2, 0.25) is 0 Å². The number of phenolic OH excluding ortho intramolecular Hbond substituents is 3. The summed E-state index contributed by atoms with van der Waals surface area (Å²) in [5.74, 6) is 0.603.